The number of carbonyl (C=O) groups is 1. The topological polar surface area (TPSA) is 95.3 Å². The molecule has 0 heterocycles. The largest absolute Gasteiger partial charge is 0.479 e. The fourth-order valence-corrected chi connectivity index (χ4v) is 1.44. The Morgan fingerprint density at radius 2 is 2.16 bits per heavy atom. The molecule has 6 nitrogen and oxygen atoms in total. The molecule has 0 aliphatic carbocycles. The van der Waals surface area contributed by atoms with Crippen molar-refractivity contribution in [3.05, 3.63) is 46.3 Å². The van der Waals surface area contributed by atoms with Crippen molar-refractivity contribution < 1.29 is 19.0 Å². The normalized spacial score (nSPS) is 13.3. The molecule has 0 bridgehead atoms. The Morgan fingerprint density at radius 3 is 2.74 bits per heavy atom. The highest BCUT2D eigenvalue weighted by molar-refractivity contribution is 5.72. The molecule has 0 aliphatic rings. The number of hydrogen-bond donors (Lipinski definition) is 1. The highest BCUT2D eigenvalue weighted by atomic mass is 19.1. The van der Waals surface area contributed by atoms with Crippen molar-refractivity contribution in [2.45, 2.75) is 25.3 Å². The molecule has 1 N–H and O–H groups in total. The molecular weight excluding hydrogens is 253 g/mol. The Labute approximate surface area is 109 Å². The van der Waals surface area contributed by atoms with Gasteiger partial charge in [0, 0.05) is 11.3 Å². The quantitative estimate of drug-likeness (QED) is 0.445. The third kappa shape index (κ3) is 5.85. The lowest BCUT2D eigenvalue weighted by molar-refractivity contribution is -0.152. The summed E-state index contributed by atoms with van der Waals surface area (Å²) < 4.78 is 18.5. The number of nitrogens with zero attached hydrogens (tertiary/aromatic N) is 3. The minimum atomic E-state index is -1.53. The van der Waals surface area contributed by atoms with E-state index in [0.717, 1.165) is 5.56 Å². The van der Waals surface area contributed by atoms with Crippen molar-refractivity contribution in [3.8, 4) is 0 Å². The van der Waals surface area contributed by atoms with Gasteiger partial charge in [-0.2, -0.15) is 0 Å². The second kappa shape index (κ2) is 8.07. The summed E-state index contributed by atoms with van der Waals surface area (Å²) >= 11 is 0. The Balaban J connectivity index is 2.49. The van der Waals surface area contributed by atoms with Crippen LogP contribution in [0.4, 0.5) is 4.39 Å². The number of azide groups is 1. The molecule has 1 aromatic rings. The number of alkyl halides is 1. The van der Waals surface area contributed by atoms with Crippen LogP contribution in [0.3, 0.4) is 0 Å². The van der Waals surface area contributed by atoms with Crippen LogP contribution < -0.4 is 0 Å². The van der Waals surface area contributed by atoms with Crippen molar-refractivity contribution in [2.75, 3.05) is 6.54 Å². The van der Waals surface area contributed by atoms with Crippen LogP contribution in [-0.2, 0) is 16.1 Å². The van der Waals surface area contributed by atoms with Crippen LogP contribution >= 0.6 is 0 Å². The first-order chi connectivity index (χ1) is 9.13. The maximum Gasteiger partial charge on any atom is 0.332 e. The second-order valence-electron chi connectivity index (χ2n) is 3.87. The zero-order chi connectivity index (χ0) is 14.1. The smallest absolute Gasteiger partial charge is 0.332 e. The van der Waals surface area contributed by atoms with E-state index in [0.29, 0.717) is 0 Å². The van der Waals surface area contributed by atoms with Crippen molar-refractivity contribution >= 4 is 5.97 Å². The van der Waals surface area contributed by atoms with Gasteiger partial charge >= 0.3 is 5.97 Å². The van der Waals surface area contributed by atoms with E-state index in [9.17, 15) is 9.18 Å². The number of aliphatic carboxylic acids is 1. The van der Waals surface area contributed by atoms with E-state index in [4.69, 9.17) is 15.4 Å². The highest BCUT2D eigenvalue weighted by Crippen LogP contribution is 2.11. The summed E-state index contributed by atoms with van der Waals surface area (Å²) in [6.45, 7) is -0.305. The van der Waals surface area contributed by atoms with E-state index >= 15 is 0 Å². The summed E-state index contributed by atoms with van der Waals surface area (Å²) in [4.78, 5) is 13.4. The van der Waals surface area contributed by atoms with Gasteiger partial charge < -0.3 is 9.84 Å². The van der Waals surface area contributed by atoms with Gasteiger partial charge in [0.25, 0.3) is 0 Å². The van der Waals surface area contributed by atoms with Crippen LogP contribution in [0.1, 0.15) is 12.0 Å². The van der Waals surface area contributed by atoms with Crippen molar-refractivity contribution in [1.29, 1.82) is 0 Å². The van der Waals surface area contributed by atoms with Crippen LogP contribution in [-0.4, -0.2) is 29.9 Å². The lowest BCUT2D eigenvalue weighted by atomic mass is 10.1. The molecule has 1 aromatic carbocycles. The van der Waals surface area contributed by atoms with Gasteiger partial charge in [-0.3, -0.25) is 0 Å². The summed E-state index contributed by atoms with van der Waals surface area (Å²) in [5, 5.41) is 12.0. The number of carboxylic acids is 1. The van der Waals surface area contributed by atoms with Gasteiger partial charge in [-0.15, -0.1) is 0 Å². The number of carboxylic acid groups (broad SMARTS) is 1. The monoisotopic (exact) mass is 267 g/mol. The summed E-state index contributed by atoms with van der Waals surface area (Å²) in [5.41, 5.74) is 8.86. The van der Waals surface area contributed by atoms with Gasteiger partial charge in [0.1, 0.15) is 6.17 Å². The summed E-state index contributed by atoms with van der Waals surface area (Å²) in [6, 6.07) is 9.00. The molecule has 0 radical (unpaired) electrons. The third-order valence-corrected chi connectivity index (χ3v) is 2.38. The minimum Gasteiger partial charge on any atom is -0.479 e. The molecule has 1 rings (SSSR count). The Morgan fingerprint density at radius 1 is 1.47 bits per heavy atom. The molecule has 102 valence electrons. The molecule has 2 atom stereocenters. The van der Waals surface area contributed by atoms with Gasteiger partial charge in [-0.25, -0.2) is 9.18 Å². The molecule has 0 amide bonds. The molecule has 0 spiro atoms. The SMILES string of the molecule is [N-]=[N+]=NCC(F)CC(OCc1ccccc1)C(=O)O. The predicted molar refractivity (Wildman–Crippen MR) is 66.2 cm³/mol. The van der Waals surface area contributed by atoms with Crippen LogP contribution in [0, 0.1) is 0 Å². The predicted octanol–water partition coefficient (Wildman–Crippen LogP) is 2.69. The number of rotatable bonds is 8. The second-order valence-corrected chi connectivity index (χ2v) is 3.87. The van der Waals surface area contributed by atoms with E-state index in [-0.39, 0.29) is 13.0 Å². The fourth-order valence-electron chi connectivity index (χ4n) is 1.44. The van der Waals surface area contributed by atoms with Crippen LogP contribution in [0.5, 0.6) is 0 Å². The van der Waals surface area contributed by atoms with Crippen molar-refractivity contribution in [1.82, 2.24) is 0 Å². The first kappa shape index (κ1) is 14.9. The van der Waals surface area contributed by atoms with Crippen molar-refractivity contribution in [2.24, 2.45) is 5.11 Å². The number of hydrogen-bond acceptors (Lipinski definition) is 3. The van der Waals surface area contributed by atoms with E-state index in [2.05, 4.69) is 10.0 Å². The molecule has 0 aromatic heterocycles. The number of benzene rings is 1. The molecular formula is C12H14FN3O3. The Bertz CT molecular complexity index is 449. The molecule has 7 heteroatoms. The van der Waals surface area contributed by atoms with Crippen LogP contribution in [0.15, 0.2) is 35.4 Å². The average molecular weight is 267 g/mol. The van der Waals surface area contributed by atoms with Crippen LogP contribution in [0.25, 0.3) is 10.4 Å². The van der Waals surface area contributed by atoms with Crippen molar-refractivity contribution in [3.63, 3.8) is 0 Å². The van der Waals surface area contributed by atoms with E-state index in [1.54, 1.807) is 24.3 Å². The van der Waals surface area contributed by atoms with E-state index in [1.807, 2.05) is 6.07 Å². The molecule has 2 unspecified atom stereocenters. The summed E-state index contributed by atoms with van der Waals surface area (Å²) in [5.74, 6) is -1.24. The molecule has 0 fully saturated rings. The maximum atomic E-state index is 13.3. The van der Waals surface area contributed by atoms with E-state index < -0.39 is 24.8 Å². The first-order valence-electron chi connectivity index (χ1n) is 5.66. The molecule has 19 heavy (non-hydrogen) atoms. The average Bonchev–Trinajstić information content (AvgIpc) is 2.42. The van der Waals surface area contributed by atoms with Gasteiger partial charge in [-0.05, 0) is 11.1 Å². The Hall–Kier alpha value is -2.11. The van der Waals surface area contributed by atoms with Crippen LogP contribution in [0.2, 0.25) is 0 Å². The summed E-state index contributed by atoms with van der Waals surface area (Å²) in [6.07, 6.45) is -3.14. The van der Waals surface area contributed by atoms with E-state index in [1.165, 1.54) is 0 Å². The van der Waals surface area contributed by atoms with Gasteiger partial charge in [0.15, 0.2) is 6.10 Å². The highest BCUT2D eigenvalue weighted by Gasteiger charge is 2.22. The lowest BCUT2D eigenvalue weighted by Crippen LogP contribution is -2.28. The standard InChI is InChI=1S/C12H14FN3O3/c13-10(7-15-16-14)6-11(12(17)18)19-8-9-4-2-1-3-5-9/h1-5,10-11H,6-8H2,(H,17,18). The zero-order valence-corrected chi connectivity index (χ0v) is 10.1. The van der Waals surface area contributed by atoms with Gasteiger partial charge in [0.05, 0.1) is 13.2 Å². The molecule has 0 aliphatic heterocycles. The number of halogens is 1. The first-order valence-corrected chi connectivity index (χ1v) is 5.66. The molecule has 0 saturated heterocycles. The zero-order valence-electron chi connectivity index (χ0n) is 10.1. The van der Waals surface area contributed by atoms with Gasteiger partial charge in [0.2, 0.25) is 0 Å². The minimum absolute atomic E-state index is 0.0893. The summed E-state index contributed by atoms with van der Waals surface area (Å²) in [7, 11) is 0. The maximum absolute atomic E-state index is 13.3. The molecule has 0 saturated carbocycles. The lowest BCUT2D eigenvalue weighted by Gasteiger charge is -2.15. The third-order valence-electron chi connectivity index (χ3n) is 2.38. The Kier molecular flexibility index (Phi) is 6.35. The number of ether oxygens (including phenoxy) is 1. The van der Waals surface area contributed by atoms with Gasteiger partial charge in [-0.1, -0.05) is 35.4 Å². The fraction of sp³-hybridized carbons (Fsp3) is 0.417.